The summed E-state index contributed by atoms with van der Waals surface area (Å²) in [5, 5.41) is 17.0. The smallest absolute Gasteiger partial charge is 0.397 e. The Balaban J connectivity index is 1.74. The lowest BCUT2D eigenvalue weighted by Gasteiger charge is -2.09. The second kappa shape index (κ2) is 7.23. The number of nitrogen functional groups attached to an aromatic ring is 1. The monoisotopic (exact) mass is 448 g/mol. The number of nitrogens with zero attached hydrogens (tertiary/aromatic N) is 7. The molecule has 0 saturated heterocycles. The van der Waals surface area contributed by atoms with Gasteiger partial charge in [0, 0.05) is 25.0 Å². The van der Waals surface area contributed by atoms with Crippen molar-refractivity contribution in [1.29, 1.82) is 5.26 Å². The molecule has 11 heteroatoms. The lowest BCUT2D eigenvalue weighted by Crippen LogP contribution is -2.09. The van der Waals surface area contributed by atoms with Crippen LogP contribution < -0.4 is 5.73 Å². The molecule has 0 bridgehead atoms. The average Bonchev–Trinajstić information content (AvgIpc) is 3.51. The highest BCUT2D eigenvalue weighted by Crippen LogP contribution is 2.39. The summed E-state index contributed by atoms with van der Waals surface area (Å²) < 4.78 is 46.4. The molecule has 0 radical (unpaired) electrons. The third-order valence-electron chi connectivity index (χ3n) is 5.20. The van der Waals surface area contributed by atoms with Crippen LogP contribution in [0.4, 0.5) is 18.9 Å². The van der Waals surface area contributed by atoms with Crippen LogP contribution in [0.3, 0.4) is 0 Å². The molecular formula is C22H15F3N8. The Morgan fingerprint density at radius 3 is 2.58 bits per heavy atom. The number of aromatic nitrogens is 6. The van der Waals surface area contributed by atoms with Crippen LogP contribution in [0, 0.1) is 11.3 Å². The van der Waals surface area contributed by atoms with Crippen molar-refractivity contribution >= 4 is 16.6 Å². The number of imidazole rings is 1. The maximum Gasteiger partial charge on any atom is 0.435 e. The third-order valence-corrected chi connectivity index (χ3v) is 5.20. The summed E-state index contributed by atoms with van der Waals surface area (Å²) in [5.74, 6) is 0. The number of rotatable bonds is 3. The van der Waals surface area contributed by atoms with Crippen LogP contribution in [0.25, 0.3) is 33.5 Å². The minimum absolute atomic E-state index is 0.0936. The van der Waals surface area contributed by atoms with E-state index in [2.05, 4.69) is 15.2 Å². The number of alkyl halides is 3. The van der Waals surface area contributed by atoms with Gasteiger partial charge in [-0.1, -0.05) is 6.07 Å². The van der Waals surface area contributed by atoms with Gasteiger partial charge in [-0.2, -0.15) is 28.6 Å². The van der Waals surface area contributed by atoms with E-state index >= 15 is 0 Å². The van der Waals surface area contributed by atoms with Crippen molar-refractivity contribution in [2.75, 3.05) is 5.73 Å². The lowest BCUT2D eigenvalue weighted by molar-refractivity contribution is -0.140. The molecule has 0 aliphatic rings. The van der Waals surface area contributed by atoms with Crippen LogP contribution in [0.5, 0.6) is 0 Å². The van der Waals surface area contributed by atoms with Gasteiger partial charge in [0.15, 0.2) is 5.69 Å². The molecule has 0 aliphatic heterocycles. The Kier molecular flexibility index (Phi) is 4.45. The number of hydrogen-bond acceptors (Lipinski definition) is 5. The molecule has 0 amide bonds. The van der Waals surface area contributed by atoms with E-state index in [0.29, 0.717) is 11.3 Å². The minimum atomic E-state index is -4.71. The molecule has 0 fully saturated rings. The van der Waals surface area contributed by atoms with Gasteiger partial charge in [0.05, 0.1) is 57.8 Å². The molecule has 2 N–H and O–H groups in total. The van der Waals surface area contributed by atoms with E-state index in [0.717, 1.165) is 10.2 Å². The van der Waals surface area contributed by atoms with Gasteiger partial charge in [0.2, 0.25) is 0 Å². The van der Waals surface area contributed by atoms with Crippen LogP contribution in [0.1, 0.15) is 11.3 Å². The van der Waals surface area contributed by atoms with E-state index in [4.69, 9.17) is 11.0 Å². The predicted octanol–water partition coefficient (Wildman–Crippen LogP) is 4.08. The number of hydrogen-bond donors (Lipinski definition) is 1. The van der Waals surface area contributed by atoms with E-state index in [-0.39, 0.29) is 28.0 Å². The van der Waals surface area contributed by atoms with E-state index < -0.39 is 11.9 Å². The number of halogens is 3. The van der Waals surface area contributed by atoms with Crippen molar-refractivity contribution in [1.82, 2.24) is 29.1 Å². The topological polar surface area (TPSA) is 103 Å². The summed E-state index contributed by atoms with van der Waals surface area (Å²) in [7, 11) is 1.76. The Morgan fingerprint density at radius 2 is 1.91 bits per heavy atom. The number of benzene rings is 2. The quantitative estimate of drug-likeness (QED) is 0.419. The zero-order chi connectivity index (χ0) is 23.3. The fourth-order valence-electron chi connectivity index (χ4n) is 3.72. The van der Waals surface area contributed by atoms with Crippen molar-refractivity contribution < 1.29 is 13.2 Å². The van der Waals surface area contributed by atoms with Crippen LogP contribution in [-0.2, 0) is 13.2 Å². The van der Waals surface area contributed by atoms with Crippen LogP contribution in [0.15, 0.2) is 61.3 Å². The predicted molar refractivity (Wildman–Crippen MR) is 115 cm³/mol. The molecular weight excluding hydrogens is 433 g/mol. The SMILES string of the molecule is Cn1cc(-c2cn(-c3cccc4c3c(C(F)(F)F)nn4-c3ccc(C#N)cc3N)cn2)cn1. The highest BCUT2D eigenvalue weighted by molar-refractivity contribution is 5.92. The summed E-state index contributed by atoms with van der Waals surface area (Å²) in [5.41, 5.74) is 7.46. The molecule has 5 rings (SSSR count). The summed E-state index contributed by atoms with van der Waals surface area (Å²) in [6.45, 7) is 0. The van der Waals surface area contributed by atoms with E-state index in [1.54, 1.807) is 42.5 Å². The fourth-order valence-corrected chi connectivity index (χ4v) is 3.72. The van der Waals surface area contributed by atoms with Gasteiger partial charge >= 0.3 is 6.18 Å². The lowest BCUT2D eigenvalue weighted by atomic mass is 10.1. The first-order chi connectivity index (χ1) is 15.8. The van der Waals surface area contributed by atoms with Crippen molar-refractivity contribution in [3.63, 3.8) is 0 Å². The van der Waals surface area contributed by atoms with Crippen molar-refractivity contribution in [3.8, 4) is 28.7 Å². The summed E-state index contributed by atoms with van der Waals surface area (Å²) in [6, 6.07) is 11.1. The molecule has 0 spiro atoms. The number of aryl methyl sites for hydroxylation is 1. The van der Waals surface area contributed by atoms with E-state index in [1.807, 2.05) is 6.07 Å². The summed E-state index contributed by atoms with van der Waals surface area (Å²) in [4.78, 5) is 4.32. The zero-order valence-electron chi connectivity index (χ0n) is 17.1. The van der Waals surface area contributed by atoms with Crippen molar-refractivity contribution in [2.45, 2.75) is 6.18 Å². The second-order valence-corrected chi connectivity index (χ2v) is 7.38. The normalized spacial score (nSPS) is 11.7. The fraction of sp³-hybridized carbons (Fsp3) is 0.0909. The molecule has 3 aromatic heterocycles. The highest BCUT2D eigenvalue weighted by Gasteiger charge is 2.38. The van der Waals surface area contributed by atoms with Crippen molar-refractivity contribution in [2.24, 2.45) is 7.05 Å². The molecule has 0 atom stereocenters. The first-order valence-electron chi connectivity index (χ1n) is 9.68. The van der Waals surface area contributed by atoms with Gasteiger partial charge in [-0.15, -0.1) is 0 Å². The van der Waals surface area contributed by atoms with Gasteiger partial charge in [-0.3, -0.25) is 4.68 Å². The number of fused-ring (bicyclic) bond motifs is 1. The average molecular weight is 448 g/mol. The molecule has 0 saturated carbocycles. The van der Waals surface area contributed by atoms with Gasteiger partial charge in [-0.25, -0.2) is 9.67 Å². The molecule has 8 nitrogen and oxygen atoms in total. The molecule has 33 heavy (non-hydrogen) atoms. The summed E-state index contributed by atoms with van der Waals surface area (Å²) >= 11 is 0. The van der Waals surface area contributed by atoms with Gasteiger partial charge in [0.25, 0.3) is 0 Å². The number of anilines is 1. The molecule has 164 valence electrons. The van der Waals surface area contributed by atoms with Crippen LogP contribution in [-0.4, -0.2) is 29.1 Å². The molecule has 0 aliphatic carbocycles. The Bertz CT molecular complexity index is 1550. The minimum Gasteiger partial charge on any atom is -0.397 e. The Labute approximate surface area is 184 Å². The first-order valence-corrected chi connectivity index (χ1v) is 9.68. The molecule has 0 unspecified atom stereocenters. The summed E-state index contributed by atoms with van der Waals surface area (Å²) in [6.07, 6.45) is 1.76. The molecule has 5 aromatic rings. The zero-order valence-corrected chi connectivity index (χ0v) is 17.1. The first kappa shape index (κ1) is 20.3. The standard InChI is InChI=1S/C22H15F3N8/c1-31-10-14(9-29-31)16-11-32(12-28-16)18-3-2-4-19-20(18)21(22(23,24)25)30-33(19)17-6-5-13(8-26)7-15(17)27/h2-7,9-12H,27H2,1H3. The van der Waals surface area contributed by atoms with Crippen LogP contribution >= 0.6 is 0 Å². The Hall–Kier alpha value is -4.59. The van der Waals surface area contributed by atoms with E-state index in [9.17, 15) is 13.2 Å². The Morgan fingerprint density at radius 1 is 1.09 bits per heavy atom. The highest BCUT2D eigenvalue weighted by atomic mass is 19.4. The maximum atomic E-state index is 14.0. The molecule has 2 aromatic carbocycles. The van der Waals surface area contributed by atoms with Crippen molar-refractivity contribution in [3.05, 3.63) is 72.6 Å². The maximum absolute atomic E-state index is 14.0. The molecule has 3 heterocycles. The van der Waals surface area contributed by atoms with Gasteiger partial charge in [-0.05, 0) is 30.3 Å². The van der Waals surface area contributed by atoms with E-state index in [1.165, 1.54) is 35.2 Å². The van der Waals surface area contributed by atoms with Gasteiger partial charge in [0.1, 0.15) is 0 Å². The van der Waals surface area contributed by atoms with Gasteiger partial charge < -0.3 is 10.3 Å². The second-order valence-electron chi connectivity index (χ2n) is 7.38. The number of nitriles is 1. The number of nitrogens with two attached hydrogens (primary N) is 1. The third kappa shape index (κ3) is 3.38. The largest absolute Gasteiger partial charge is 0.435 e. The van der Waals surface area contributed by atoms with Crippen LogP contribution in [0.2, 0.25) is 0 Å².